The maximum Gasteiger partial charge on any atom is 0.319 e. The number of nitrogens with one attached hydrogen (secondary N) is 2. The van der Waals surface area contributed by atoms with Crippen LogP contribution in [-0.2, 0) is 11.2 Å². The predicted molar refractivity (Wildman–Crippen MR) is 103 cm³/mol. The summed E-state index contributed by atoms with van der Waals surface area (Å²) in [7, 11) is 0. The third-order valence-corrected chi connectivity index (χ3v) is 4.39. The molecule has 138 valence electrons. The first kappa shape index (κ1) is 18.3. The van der Waals surface area contributed by atoms with Gasteiger partial charge in [-0.2, -0.15) is 0 Å². The van der Waals surface area contributed by atoms with Gasteiger partial charge >= 0.3 is 6.03 Å². The molecule has 0 unspecified atom stereocenters. The van der Waals surface area contributed by atoms with Crippen LogP contribution in [0.5, 0.6) is 5.75 Å². The summed E-state index contributed by atoms with van der Waals surface area (Å²) >= 11 is 0. The molecule has 1 saturated heterocycles. The number of amides is 2. The summed E-state index contributed by atoms with van der Waals surface area (Å²) in [6.45, 7) is 2.80. The summed E-state index contributed by atoms with van der Waals surface area (Å²) in [4.78, 5) is 12.0. The molecule has 0 bridgehead atoms. The molecular formula is C21H26N2O3. The van der Waals surface area contributed by atoms with Gasteiger partial charge in [-0.05, 0) is 37.0 Å². The third-order valence-electron chi connectivity index (χ3n) is 4.39. The summed E-state index contributed by atoms with van der Waals surface area (Å²) in [6, 6.07) is 17.7. The van der Waals surface area contributed by atoms with E-state index in [2.05, 4.69) is 34.9 Å². The minimum Gasteiger partial charge on any atom is -0.494 e. The van der Waals surface area contributed by atoms with E-state index < -0.39 is 0 Å². The number of ether oxygens (including phenoxy) is 2. The molecule has 1 heterocycles. The van der Waals surface area contributed by atoms with Crippen LogP contribution in [0.3, 0.4) is 0 Å². The number of anilines is 1. The predicted octanol–water partition coefficient (Wildman–Crippen LogP) is 3.86. The molecular weight excluding hydrogens is 328 g/mol. The lowest BCUT2D eigenvalue weighted by Gasteiger charge is -2.12. The van der Waals surface area contributed by atoms with Gasteiger partial charge in [-0.3, -0.25) is 0 Å². The van der Waals surface area contributed by atoms with Crippen molar-refractivity contribution in [1.82, 2.24) is 5.32 Å². The van der Waals surface area contributed by atoms with E-state index in [0.717, 1.165) is 43.9 Å². The zero-order chi connectivity index (χ0) is 18.0. The molecule has 0 spiro atoms. The summed E-state index contributed by atoms with van der Waals surface area (Å²) in [6.07, 6.45) is 2.95. The first-order valence-corrected chi connectivity index (χ1v) is 9.19. The molecule has 0 saturated carbocycles. The van der Waals surface area contributed by atoms with Gasteiger partial charge in [-0.25, -0.2) is 4.79 Å². The highest BCUT2D eigenvalue weighted by molar-refractivity contribution is 5.89. The third kappa shape index (κ3) is 6.08. The van der Waals surface area contributed by atoms with Crippen LogP contribution in [0.4, 0.5) is 10.5 Å². The van der Waals surface area contributed by atoms with Crippen molar-refractivity contribution in [3.63, 3.8) is 0 Å². The van der Waals surface area contributed by atoms with E-state index >= 15 is 0 Å². The molecule has 5 nitrogen and oxygen atoms in total. The number of rotatable bonds is 8. The van der Waals surface area contributed by atoms with Crippen molar-refractivity contribution in [3.05, 3.63) is 60.2 Å². The fourth-order valence-electron chi connectivity index (χ4n) is 2.93. The monoisotopic (exact) mass is 354 g/mol. The number of hydrogen-bond acceptors (Lipinski definition) is 3. The molecule has 1 atom stereocenters. The summed E-state index contributed by atoms with van der Waals surface area (Å²) in [5.74, 6) is 1.18. The van der Waals surface area contributed by atoms with Crippen molar-refractivity contribution < 1.29 is 14.3 Å². The number of hydrogen-bond donors (Lipinski definition) is 2. The molecule has 5 heteroatoms. The largest absolute Gasteiger partial charge is 0.494 e. The molecule has 2 aromatic rings. The Hall–Kier alpha value is -2.53. The van der Waals surface area contributed by atoms with Crippen molar-refractivity contribution in [2.45, 2.75) is 19.3 Å². The molecule has 26 heavy (non-hydrogen) atoms. The number of carbonyl (C=O) groups excluding carboxylic acids is 1. The van der Waals surface area contributed by atoms with Gasteiger partial charge in [0.15, 0.2) is 0 Å². The Bertz CT molecular complexity index is 685. The van der Waals surface area contributed by atoms with Crippen LogP contribution in [-0.4, -0.2) is 32.4 Å². The minimum atomic E-state index is -0.196. The molecule has 2 amide bonds. The van der Waals surface area contributed by atoms with Gasteiger partial charge < -0.3 is 20.1 Å². The van der Waals surface area contributed by atoms with Gasteiger partial charge in [0.05, 0.1) is 13.2 Å². The van der Waals surface area contributed by atoms with Crippen LogP contribution < -0.4 is 15.4 Å². The fraction of sp³-hybridized carbons (Fsp3) is 0.381. The molecule has 2 N–H and O–H groups in total. The number of benzene rings is 2. The Kier molecular flexibility index (Phi) is 6.90. The second-order valence-electron chi connectivity index (χ2n) is 6.53. The summed E-state index contributed by atoms with van der Waals surface area (Å²) < 4.78 is 11.1. The van der Waals surface area contributed by atoms with E-state index in [1.165, 1.54) is 5.56 Å². The lowest BCUT2D eigenvalue weighted by Crippen LogP contribution is -2.33. The average molecular weight is 354 g/mol. The Morgan fingerprint density at radius 1 is 1.15 bits per heavy atom. The molecule has 1 aliphatic rings. The summed E-state index contributed by atoms with van der Waals surface area (Å²) in [5, 5.41) is 5.74. The zero-order valence-corrected chi connectivity index (χ0v) is 14.9. The second-order valence-corrected chi connectivity index (χ2v) is 6.53. The molecule has 0 radical (unpaired) electrons. The molecule has 0 aliphatic carbocycles. The van der Waals surface area contributed by atoms with Crippen LogP contribution in [0.1, 0.15) is 18.4 Å². The van der Waals surface area contributed by atoms with Crippen LogP contribution in [0.2, 0.25) is 0 Å². The standard InChI is InChI=1S/C21H26N2O3/c24-21(22-15-18-11-13-25-16-18)23-19-9-4-10-20(14-19)26-12-5-8-17-6-2-1-3-7-17/h1-4,6-7,9-10,14,18H,5,8,11-13,15-16H2,(H2,22,23,24)/t18-/m0/s1. The van der Waals surface area contributed by atoms with E-state index in [0.29, 0.717) is 19.1 Å². The van der Waals surface area contributed by atoms with Crippen LogP contribution >= 0.6 is 0 Å². The van der Waals surface area contributed by atoms with Gasteiger partial charge in [0.2, 0.25) is 0 Å². The van der Waals surface area contributed by atoms with Crippen LogP contribution in [0.15, 0.2) is 54.6 Å². The number of urea groups is 1. The Morgan fingerprint density at radius 3 is 2.85 bits per heavy atom. The molecule has 3 rings (SSSR count). The summed E-state index contributed by atoms with van der Waals surface area (Å²) in [5.41, 5.74) is 2.04. The zero-order valence-electron chi connectivity index (χ0n) is 14.9. The normalized spacial score (nSPS) is 16.2. The van der Waals surface area contributed by atoms with Gasteiger partial charge in [0.1, 0.15) is 5.75 Å². The fourth-order valence-corrected chi connectivity index (χ4v) is 2.93. The Morgan fingerprint density at radius 2 is 2.04 bits per heavy atom. The van der Waals surface area contributed by atoms with Gasteiger partial charge in [-0.1, -0.05) is 36.4 Å². The first-order valence-electron chi connectivity index (χ1n) is 9.19. The van der Waals surface area contributed by atoms with E-state index in [1.54, 1.807) is 0 Å². The van der Waals surface area contributed by atoms with Crippen molar-refractivity contribution in [2.75, 3.05) is 31.7 Å². The van der Waals surface area contributed by atoms with Gasteiger partial charge in [0, 0.05) is 30.8 Å². The smallest absolute Gasteiger partial charge is 0.319 e. The maximum atomic E-state index is 12.0. The molecule has 1 fully saturated rings. The quantitative estimate of drug-likeness (QED) is 0.708. The SMILES string of the molecule is O=C(NC[C@@H]1CCOC1)Nc1cccc(OCCCc2ccccc2)c1. The van der Waals surface area contributed by atoms with Crippen molar-refractivity contribution in [2.24, 2.45) is 5.92 Å². The van der Waals surface area contributed by atoms with Crippen molar-refractivity contribution in [3.8, 4) is 5.75 Å². The number of aryl methyl sites for hydroxylation is 1. The lowest BCUT2D eigenvalue weighted by atomic mass is 10.1. The van der Waals surface area contributed by atoms with Crippen LogP contribution in [0, 0.1) is 5.92 Å². The molecule has 1 aliphatic heterocycles. The second kappa shape index (κ2) is 9.82. The Labute approximate surface area is 154 Å². The van der Waals surface area contributed by atoms with Gasteiger partial charge in [-0.15, -0.1) is 0 Å². The lowest BCUT2D eigenvalue weighted by molar-refractivity contribution is 0.185. The van der Waals surface area contributed by atoms with Crippen LogP contribution in [0.25, 0.3) is 0 Å². The van der Waals surface area contributed by atoms with Crippen molar-refractivity contribution in [1.29, 1.82) is 0 Å². The molecule has 0 aromatic heterocycles. The first-order chi connectivity index (χ1) is 12.8. The highest BCUT2D eigenvalue weighted by Crippen LogP contribution is 2.18. The highest BCUT2D eigenvalue weighted by atomic mass is 16.5. The van der Waals surface area contributed by atoms with Crippen molar-refractivity contribution >= 4 is 11.7 Å². The minimum absolute atomic E-state index is 0.196. The molecule has 2 aromatic carbocycles. The number of carbonyl (C=O) groups is 1. The van der Waals surface area contributed by atoms with Gasteiger partial charge in [0.25, 0.3) is 0 Å². The van der Waals surface area contributed by atoms with E-state index in [1.807, 2.05) is 30.3 Å². The topological polar surface area (TPSA) is 59.6 Å². The maximum absolute atomic E-state index is 12.0. The Balaban J connectivity index is 1.38. The van der Waals surface area contributed by atoms with E-state index in [9.17, 15) is 4.79 Å². The van der Waals surface area contributed by atoms with E-state index in [4.69, 9.17) is 9.47 Å². The van der Waals surface area contributed by atoms with E-state index in [-0.39, 0.29) is 6.03 Å². The highest BCUT2D eigenvalue weighted by Gasteiger charge is 2.16. The average Bonchev–Trinajstić information content (AvgIpc) is 3.18.